The predicted molar refractivity (Wildman–Crippen MR) is 100 cm³/mol. The predicted octanol–water partition coefficient (Wildman–Crippen LogP) is 4.13. The van der Waals surface area contributed by atoms with Crippen molar-refractivity contribution in [2.45, 2.75) is 26.3 Å². The molecular weight excluding hydrogens is 406 g/mol. The average molecular weight is 431 g/mol. The monoisotopic (exact) mass is 430 g/mol. The van der Waals surface area contributed by atoms with E-state index in [1.54, 1.807) is 0 Å². The Bertz CT molecular complexity index is 365. The van der Waals surface area contributed by atoms with E-state index in [-0.39, 0.29) is 24.8 Å². The quantitative estimate of drug-likeness (QED) is 0.722. The molecule has 1 fully saturated rings. The Kier molecular flexibility index (Phi) is 10.5. The lowest BCUT2D eigenvalue weighted by Gasteiger charge is -2.36. The van der Waals surface area contributed by atoms with Crippen LogP contribution in [-0.2, 0) is 0 Å². The maximum absolute atomic E-state index is 3.44. The van der Waals surface area contributed by atoms with Gasteiger partial charge in [-0.2, -0.15) is 0 Å². The summed E-state index contributed by atoms with van der Waals surface area (Å²) in [5.74, 6) is 0.740. The summed E-state index contributed by atoms with van der Waals surface area (Å²) in [6.45, 7) is 9.23. The van der Waals surface area contributed by atoms with E-state index < -0.39 is 0 Å². The first kappa shape index (κ1) is 20.5. The molecule has 20 heavy (non-hydrogen) atoms. The van der Waals surface area contributed by atoms with Crippen LogP contribution in [0.25, 0.3) is 0 Å². The molecule has 0 saturated carbocycles. The summed E-state index contributed by atoms with van der Waals surface area (Å²) < 4.78 is 1.32. The first-order valence-electron chi connectivity index (χ1n) is 6.87. The van der Waals surface area contributed by atoms with E-state index in [9.17, 15) is 0 Å². The summed E-state index contributed by atoms with van der Waals surface area (Å²) in [6, 6.07) is 9.65. The molecule has 0 spiro atoms. The highest BCUT2D eigenvalue weighted by atomic mass is 127. The van der Waals surface area contributed by atoms with E-state index in [1.807, 2.05) is 0 Å². The van der Waals surface area contributed by atoms with E-state index in [0.717, 1.165) is 19.0 Å². The van der Waals surface area contributed by atoms with Gasteiger partial charge in [0.15, 0.2) is 0 Å². The second-order valence-corrected chi connectivity index (χ2v) is 6.73. The van der Waals surface area contributed by atoms with Crippen molar-refractivity contribution in [1.29, 1.82) is 0 Å². The average Bonchev–Trinajstić information content (AvgIpc) is 2.38. The number of benzene rings is 1. The first-order valence-corrected chi connectivity index (χ1v) is 7.95. The standard InChI is InChI=1S/C15H23IN2.2ClH/c1-12(2)11-15(18-9-7-17-8-10-18)13-3-5-14(16)6-4-13;;/h3-6,12,15,17H,7-11H2,1-2H3;2*1H/t15-;;/m1../s1. The molecule has 1 heterocycles. The lowest BCUT2D eigenvalue weighted by atomic mass is 9.95. The van der Waals surface area contributed by atoms with E-state index in [4.69, 9.17) is 0 Å². The van der Waals surface area contributed by atoms with E-state index in [1.165, 1.54) is 28.6 Å². The smallest absolute Gasteiger partial charge is 0.0351 e. The van der Waals surface area contributed by atoms with Crippen LogP contribution < -0.4 is 5.32 Å². The second kappa shape index (κ2) is 10.2. The van der Waals surface area contributed by atoms with Crippen molar-refractivity contribution in [2.24, 2.45) is 5.92 Å². The minimum Gasteiger partial charge on any atom is -0.314 e. The molecule has 1 aromatic rings. The van der Waals surface area contributed by atoms with Crippen molar-refractivity contribution >= 4 is 47.4 Å². The lowest BCUT2D eigenvalue weighted by Crippen LogP contribution is -2.45. The van der Waals surface area contributed by atoms with Gasteiger partial charge in [0.05, 0.1) is 0 Å². The van der Waals surface area contributed by atoms with Gasteiger partial charge in [0.1, 0.15) is 0 Å². The van der Waals surface area contributed by atoms with Crippen molar-refractivity contribution in [3.8, 4) is 0 Å². The van der Waals surface area contributed by atoms with E-state index in [0.29, 0.717) is 6.04 Å². The maximum atomic E-state index is 3.44. The number of nitrogens with zero attached hydrogens (tertiary/aromatic N) is 1. The number of hydrogen-bond donors (Lipinski definition) is 1. The van der Waals surface area contributed by atoms with Crippen LogP contribution >= 0.6 is 47.4 Å². The highest BCUT2D eigenvalue weighted by molar-refractivity contribution is 14.1. The molecule has 1 aromatic carbocycles. The van der Waals surface area contributed by atoms with Crippen LogP contribution in [0.15, 0.2) is 24.3 Å². The van der Waals surface area contributed by atoms with Gasteiger partial charge < -0.3 is 5.32 Å². The van der Waals surface area contributed by atoms with Crippen LogP contribution in [0.1, 0.15) is 31.9 Å². The molecule has 2 rings (SSSR count). The third-order valence-electron chi connectivity index (χ3n) is 3.54. The summed E-state index contributed by atoms with van der Waals surface area (Å²) in [7, 11) is 0. The minimum atomic E-state index is 0. The highest BCUT2D eigenvalue weighted by Gasteiger charge is 2.22. The summed E-state index contributed by atoms with van der Waals surface area (Å²) in [5, 5.41) is 3.44. The third kappa shape index (κ3) is 6.06. The summed E-state index contributed by atoms with van der Waals surface area (Å²) in [6.07, 6.45) is 1.25. The van der Waals surface area contributed by atoms with Crippen LogP contribution in [0.2, 0.25) is 0 Å². The van der Waals surface area contributed by atoms with Crippen molar-refractivity contribution < 1.29 is 0 Å². The van der Waals surface area contributed by atoms with Crippen LogP contribution in [-0.4, -0.2) is 31.1 Å². The van der Waals surface area contributed by atoms with Crippen molar-refractivity contribution in [3.05, 3.63) is 33.4 Å². The Morgan fingerprint density at radius 3 is 2.15 bits per heavy atom. The third-order valence-corrected chi connectivity index (χ3v) is 4.26. The molecule has 0 aromatic heterocycles. The highest BCUT2D eigenvalue weighted by Crippen LogP contribution is 2.28. The molecule has 1 aliphatic rings. The molecule has 5 heteroatoms. The van der Waals surface area contributed by atoms with Crippen LogP contribution in [0.3, 0.4) is 0 Å². The van der Waals surface area contributed by atoms with E-state index in [2.05, 4.69) is 70.9 Å². The molecule has 0 radical (unpaired) electrons. The molecule has 0 unspecified atom stereocenters. The number of nitrogens with one attached hydrogen (secondary N) is 1. The lowest BCUT2D eigenvalue weighted by molar-refractivity contribution is 0.154. The summed E-state index contributed by atoms with van der Waals surface area (Å²) in [5.41, 5.74) is 1.48. The molecular formula is C15H25Cl2IN2. The van der Waals surface area contributed by atoms with Gasteiger partial charge >= 0.3 is 0 Å². The molecule has 116 valence electrons. The van der Waals surface area contributed by atoms with Crippen LogP contribution in [0.5, 0.6) is 0 Å². The largest absolute Gasteiger partial charge is 0.314 e. The number of hydrogen-bond acceptors (Lipinski definition) is 2. The van der Waals surface area contributed by atoms with Gasteiger partial charge in [-0.1, -0.05) is 26.0 Å². The zero-order chi connectivity index (χ0) is 13.0. The molecule has 1 N–H and O–H groups in total. The zero-order valence-electron chi connectivity index (χ0n) is 12.1. The fraction of sp³-hybridized carbons (Fsp3) is 0.600. The Morgan fingerprint density at radius 1 is 1.10 bits per heavy atom. The minimum absolute atomic E-state index is 0. The van der Waals surface area contributed by atoms with Crippen molar-refractivity contribution in [1.82, 2.24) is 10.2 Å². The fourth-order valence-electron chi connectivity index (χ4n) is 2.62. The Balaban J connectivity index is 0.00000180. The van der Waals surface area contributed by atoms with Crippen LogP contribution in [0.4, 0.5) is 0 Å². The molecule has 0 aliphatic carbocycles. The van der Waals surface area contributed by atoms with Gasteiger partial charge in [-0.15, -0.1) is 24.8 Å². The fourth-order valence-corrected chi connectivity index (χ4v) is 2.98. The van der Waals surface area contributed by atoms with Gasteiger partial charge in [-0.25, -0.2) is 0 Å². The topological polar surface area (TPSA) is 15.3 Å². The van der Waals surface area contributed by atoms with Gasteiger partial charge in [-0.05, 0) is 52.6 Å². The first-order chi connectivity index (χ1) is 8.66. The molecule has 0 bridgehead atoms. The summed E-state index contributed by atoms with van der Waals surface area (Å²) >= 11 is 2.38. The van der Waals surface area contributed by atoms with Gasteiger partial charge in [-0.3, -0.25) is 4.90 Å². The van der Waals surface area contributed by atoms with Crippen molar-refractivity contribution in [3.63, 3.8) is 0 Å². The summed E-state index contributed by atoms with van der Waals surface area (Å²) in [4.78, 5) is 2.64. The Labute approximate surface area is 149 Å². The van der Waals surface area contributed by atoms with Gasteiger partial charge in [0.25, 0.3) is 0 Å². The Morgan fingerprint density at radius 2 is 1.65 bits per heavy atom. The van der Waals surface area contributed by atoms with Gasteiger partial charge in [0.2, 0.25) is 0 Å². The second-order valence-electron chi connectivity index (χ2n) is 5.48. The normalized spacial score (nSPS) is 17.2. The molecule has 1 atom stereocenters. The SMILES string of the molecule is CC(C)C[C@H](c1ccc(I)cc1)N1CCNCC1.Cl.Cl. The number of rotatable bonds is 4. The zero-order valence-corrected chi connectivity index (χ0v) is 15.9. The van der Waals surface area contributed by atoms with E-state index >= 15 is 0 Å². The maximum Gasteiger partial charge on any atom is 0.0351 e. The van der Waals surface area contributed by atoms with Crippen molar-refractivity contribution in [2.75, 3.05) is 26.2 Å². The number of piperazine rings is 1. The molecule has 1 aliphatic heterocycles. The molecule has 2 nitrogen and oxygen atoms in total. The molecule has 0 amide bonds. The number of halogens is 3. The van der Waals surface area contributed by atoms with Gasteiger partial charge in [0, 0.05) is 35.8 Å². The Hall–Kier alpha value is 0.450. The molecule has 1 saturated heterocycles. The van der Waals surface area contributed by atoms with Crippen LogP contribution in [0, 0.1) is 9.49 Å².